The molecule has 1 saturated heterocycles. The number of ether oxygens (including phenoxy) is 2. The van der Waals surface area contributed by atoms with Crippen LogP contribution in [0.5, 0.6) is 11.5 Å². The minimum atomic E-state index is -0.620. The summed E-state index contributed by atoms with van der Waals surface area (Å²) in [7, 11) is 1.60. The molecule has 3 heterocycles. The van der Waals surface area contributed by atoms with Crippen LogP contribution in [0.1, 0.15) is 45.5 Å². The number of benzene rings is 2. The van der Waals surface area contributed by atoms with Crippen LogP contribution in [0.15, 0.2) is 36.4 Å². The predicted octanol–water partition coefficient (Wildman–Crippen LogP) is 4.00. The molecule has 2 aliphatic heterocycles. The number of hydrogen-bond acceptors (Lipinski definition) is 7. The van der Waals surface area contributed by atoms with Gasteiger partial charge >= 0.3 is 0 Å². The number of nitrogens with two attached hydrogens (primary N) is 1. The predicted molar refractivity (Wildman–Crippen MR) is 121 cm³/mol. The van der Waals surface area contributed by atoms with E-state index in [1.54, 1.807) is 30.2 Å². The SMILES string of the molecule is COc1ccc2c(C(=O)N3CCC4(CC3)CC(=O)c3cc(C#N)ccc3O4)c(N)sc2c1. The van der Waals surface area contributed by atoms with Crippen molar-refractivity contribution in [1.29, 1.82) is 5.26 Å². The fourth-order valence-electron chi connectivity index (χ4n) is 4.56. The summed E-state index contributed by atoms with van der Waals surface area (Å²) in [5.74, 6) is 1.11. The molecule has 0 atom stereocenters. The van der Waals surface area contributed by atoms with E-state index in [0.29, 0.717) is 53.4 Å². The molecule has 3 aromatic rings. The van der Waals surface area contributed by atoms with Crippen molar-refractivity contribution in [1.82, 2.24) is 4.90 Å². The number of rotatable bonds is 2. The van der Waals surface area contributed by atoms with Crippen LogP contribution in [-0.4, -0.2) is 42.4 Å². The number of anilines is 1. The van der Waals surface area contributed by atoms with Crippen molar-refractivity contribution in [3.63, 3.8) is 0 Å². The monoisotopic (exact) mass is 447 g/mol. The third kappa shape index (κ3) is 3.26. The molecule has 1 fully saturated rings. The van der Waals surface area contributed by atoms with E-state index in [0.717, 1.165) is 15.8 Å². The van der Waals surface area contributed by atoms with Gasteiger partial charge in [0.15, 0.2) is 5.78 Å². The molecule has 0 unspecified atom stereocenters. The van der Waals surface area contributed by atoms with E-state index in [2.05, 4.69) is 6.07 Å². The van der Waals surface area contributed by atoms with Crippen LogP contribution in [0.25, 0.3) is 10.1 Å². The first-order chi connectivity index (χ1) is 15.4. The van der Waals surface area contributed by atoms with Crippen LogP contribution in [-0.2, 0) is 0 Å². The maximum atomic E-state index is 13.3. The second kappa shape index (κ2) is 7.53. The fraction of sp³-hybridized carbons (Fsp3) is 0.292. The van der Waals surface area contributed by atoms with Crippen molar-refractivity contribution in [2.75, 3.05) is 25.9 Å². The first-order valence-corrected chi connectivity index (χ1v) is 11.2. The molecule has 0 radical (unpaired) electrons. The molecule has 7 nitrogen and oxygen atoms in total. The lowest BCUT2D eigenvalue weighted by molar-refractivity contribution is -0.00562. The molecule has 0 bridgehead atoms. The van der Waals surface area contributed by atoms with Crippen LogP contribution < -0.4 is 15.2 Å². The number of ketones is 1. The van der Waals surface area contributed by atoms with Crippen LogP contribution in [0.2, 0.25) is 0 Å². The number of nitrogen functional groups attached to an aromatic ring is 1. The third-order valence-corrected chi connectivity index (χ3v) is 7.30. The number of amides is 1. The Hall–Kier alpha value is -3.57. The van der Waals surface area contributed by atoms with Gasteiger partial charge in [-0.3, -0.25) is 9.59 Å². The van der Waals surface area contributed by atoms with Crippen molar-refractivity contribution in [2.24, 2.45) is 0 Å². The number of hydrogen-bond donors (Lipinski definition) is 1. The Labute approximate surface area is 188 Å². The molecule has 2 N–H and O–H groups in total. The van der Waals surface area contributed by atoms with Gasteiger partial charge in [-0.05, 0) is 36.4 Å². The topological polar surface area (TPSA) is 106 Å². The van der Waals surface area contributed by atoms with Gasteiger partial charge in [-0.2, -0.15) is 5.26 Å². The quantitative estimate of drug-likeness (QED) is 0.636. The highest BCUT2D eigenvalue weighted by Gasteiger charge is 2.44. The Morgan fingerprint density at radius 1 is 1.25 bits per heavy atom. The van der Waals surface area contributed by atoms with Gasteiger partial charge in [-0.25, -0.2) is 0 Å². The smallest absolute Gasteiger partial charge is 0.257 e. The molecular weight excluding hydrogens is 426 g/mol. The summed E-state index contributed by atoms with van der Waals surface area (Å²) < 4.78 is 12.4. The highest BCUT2D eigenvalue weighted by Crippen LogP contribution is 2.41. The minimum Gasteiger partial charge on any atom is -0.497 e. The van der Waals surface area contributed by atoms with Crippen molar-refractivity contribution >= 4 is 38.1 Å². The minimum absolute atomic E-state index is 0.0230. The Morgan fingerprint density at radius 2 is 2.03 bits per heavy atom. The standard InChI is InChI=1S/C24H21N3O4S/c1-30-15-3-4-16-20(11-15)32-22(26)21(16)23(29)27-8-6-24(7-9-27)12-18(28)17-10-14(13-25)2-5-19(17)31-24/h2-5,10-11H,6-9,12,26H2,1H3. The first kappa shape index (κ1) is 20.3. The zero-order valence-electron chi connectivity index (χ0n) is 17.5. The number of thiophene rings is 1. The van der Waals surface area contributed by atoms with Gasteiger partial charge in [0.05, 0.1) is 41.3 Å². The molecule has 2 aromatic carbocycles. The van der Waals surface area contributed by atoms with E-state index >= 15 is 0 Å². The van der Waals surface area contributed by atoms with Crippen molar-refractivity contribution in [3.05, 3.63) is 53.1 Å². The van der Waals surface area contributed by atoms with E-state index in [-0.39, 0.29) is 18.1 Å². The Kier molecular flexibility index (Phi) is 4.79. The van der Waals surface area contributed by atoms with Crippen LogP contribution >= 0.6 is 11.3 Å². The second-order valence-electron chi connectivity index (χ2n) is 8.20. The fourth-order valence-corrected chi connectivity index (χ4v) is 5.55. The van der Waals surface area contributed by atoms with Gasteiger partial charge in [0.25, 0.3) is 5.91 Å². The largest absolute Gasteiger partial charge is 0.497 e. The summed E-state index contributed by atoms with van der Waals surface area (Å²) in [6.07, 6.45) is 1.36. The molecule has 162 valence electrons. The highest BCUT2D eigenvalue weighted by atomic mass is 32.1. The number of methoxy groups -OCH3 is 1. The van der Waals surface area contributed by atoms with E-state index in [1.807, 2.05) is 18.2 Å². The van der Waals surface area contributed by atoms with Gasteiger partial charge in [0, 0.05) is 36.0 Å². The first-order valence-electron chi connectivity index (χ1n) is 10.3. The van der Waals surface area contributed by atoms with Gasteiger partial charge in [-0.1, -0.05) is 0 Å². The lowest BCUT2D eigenvalue weighted by Gasteiger charge is -2.44. The van der Waals surface area contributed by atoms with Gasteiger partial charge in [-0.15, -0.1) is 11.3 Å². The van der Waals surface area contributed by atoms with Crippen molar-refractivity contribution < 1.29 is 19.1 Å². The number of piperidine rings is 1. The molecule has 1 spiro atoms. The lowest BCUT2D eigenvalue weighted by Crippen LogP contribution is -2.52. The maximum Gasteiger partial charge on any atom is 0.257 e. The summed E-state index contributed by atoms with van der Waals surface area (Å²) in [4.78, 5) is 27.9. The molecule has 32 heavy (non-hydrogen) atoms. The molecule has 2 aliphatic rings. The van der Waals surface area contributed by atoms with E-state index in [9.17, 15) is 9.59 Å². The molecule has 8 heteroatoms. The van der Waals surface area contributed by atoms with Crippen LogP contribution in [0, 0.1) is 11.3 Å². The third-order valence-electron chi connectivity index (χ3n) is 6.32. The summed E-state index contributed by atoms with van der Waals surface area (Å²) in [6, 6.07) is 12.6. The number of nitriles is 1. The highest BCUT2D eigenvalue weighted by molar-refractivity contribution is 7.23. The Bertz CT molecular complexity index is 1300. The zero-order valence-corrected chi connectivity index (χ0v) is 18.3. The van der Waals surface area contributed by atoms with Gasteiger partial charge in [0.1, 0.15) is 17.1 Å². The van der Waals surface area contributed by atoms with E-state index in [1.165, 1.54) is 11.3 Å². The summed E-state index contributed by atoms with van der Waals surface area (Å²) >= 11 is 1.38. The molecule has 0 saturated carbocycles. The lowest BCUT2D eigenvalue weighted by atomic mass is 9.82. The Balaban J connectivity index is 1.35. The summed E-state index contributed by atoms with van der Waals surface area (Å²) in [5, 5.41) is 10.4. The number of nitrogens with zero attached hydrogens (tertiary/aromatic N) is 2. The van der Waals surface area contributed by atoms with Crippen molar-refractivity contribution in [3.8, 4) is 17.6 Å². The number of fused-ring (bicyclic) bond motifs is 2. The van der Waals surface area contributed by atoms with Gasteiger partial charge in [0.2, 0.25) is 0 Å². The molecule has 5 rings (SSSR count). The summed E-state index contributed by atoms with van der Waals surface area (Å²) in [6.45, 7) is 0.954. The van der Waals surface area contributed by atoms with Crippen LogP contribution in [0.3, 0.4) is 0 Å². The zero-order chi connectivity index (χ0) is 22.5. The Morgan fingerprint density at radius 3 is 2.75 bits per heavy atom. The molecule has 0 aliphatic carbocycles. The number of carbonyl (C=O) groups is 2. The normalized spacial score (nSPS) is 17.0. The second-order valence-corrected chi connectivity index (χ2v) is 9.29. The maximum absolute atomic E-state index is 13.3. The van der Waals surface area contributed by atoms with E-state index < -0.39 is 5.60 Å². The number of carbonyl (C=O) groups excluding carboxylic acids is 2. The average molecular weight is 448 g/mol. The van der Waals surface area contributed by atoms with Crippen molar-refractivity contribution in [2.45, 2.75) is 24.9 Å². The molecular formula is C24H21N3O4S. The van der Waals surface area contributed by atoms with E-state index in [4.69, 9.17) is 20.5 Å². The molecule has 1 aromatic heterocycles. The summed E-state index contributed by atoms with van der Waals surface area (Å²) in [5.41, 5.74) is 7.03. The molecule has 1 amide bonds. The number of Topliss-reactive ketones (excluding diaryl/α,β-unsaturated/α-hetero) is 1. The average Bonchev–Trinajstić information content (AvgIpc) is 3.13. The van der Waals surface area contributed by atoms with Gasteiger partial charge < -0.3 is 20.1 Å². The van der Waals surface area contributed by atoms with Crippen LogP contribution in [0.4, 0.5) is 5.00 Å². The number of likely N-dealkylation sites (tertiary alicyclic amines) is 1.